The van der Waals surface area contributed by atoms with Gasteiger partial charge in [-0.2, -0.15) is 0 Å². The van der Waals surface area contributed by atoms with Gasteiger partial charge in [-0.25, -0.2) is 0 Å². The zero-order chi connectivity index (χ0) is 13.9. The molecule has 20 heavy (non-hydrogen) atoms. The first kappa shape index (κ1) is 17.0. The van der Waals surface area contributed by atoms with Crippen LogP contribution < -0.4 is 10.6 Å². The fourth-order valence-electron chi connectivity index (χ4n) is 2.38. The first-order chi connectivity index (χ1) is 8.97. The standard InChI is InChI=1S/C16H24N2O.ClH/c1-16(2,3)13-4-6-14(7-5-13)18-15(19)12-8-10-17-11-9-12;/h4-7,12,17H,8-11H2,1-3H3,(H,18,19);1H. The maximum atomic E-state index is 12.1. The van der Waals surface area contributed by atoms with Crippen LogP contribution in [0.3, 0.4) is 0 Å². The van der Waals surface area contributed by atoms with Gasteiger partial charge in [0.1, 0.15) is 0 Å². The Kier molecular flexibility index (Phi) is 6.03. The second-order valence-corrected chi connectivity index (χ2v) is 6.34. The molecule has 1 aromatic rings. The molecule has 112 valence electrons. The van der Waals surface area contributed by atoms with Gasteiger partial charge in [-0.1, -0.05) is 32.9 Å². The SMILES string of the molecule is CC(C)(C)c1ccc(NC(=O)C2CCNCC2)cc1.Cl. The number of carbonyl (C=O) groups excluding carboxylic acids is 1. The molecule has 0 bridgehead atoms. The van der Waals surface area contributed by atoms with Crippen molar-refractivity contribution in [2.75, 3.05) is 18.4 Å². The zero-order valence-corrected chi connectivity index (χ0v) is 13.3. The van der Waals surface area contributed by atoms with Gasteiger partial charge < -0.3 is 10.6 Å². The van der Waals surface area contributed by atoms with Crippen molar-refractivity contribution < 1.29 is 4.79 Å². The van der Waals surface area contributed by atoms with Crippen LogP contribution in [0, 0.1) is 5.92 Å². The molecule has 2 rings (SSSR count). The Bertz CT molecular complexity index is 431. The van der Waals surface area contributed by atoms with Crippen LogP contribution in [0.5, 0.6) is 0 Å². The van der Waals surface area contributed by atoms with Crippen LogP contribution in [-0.2, 0) is 10.2 Å². The summed E-state index contributed by atoms with van der Waals surface area (Å²) in [5, 5.41) is 6.30. The molecule has 0 atom stereocenters. The number of halogens is 1. The topological polar surface area (TPSA) is 41.1 Å². The zero-order valence-electron chi connectivity index (χ0n) is 12.5. The minimum absolute atomic E-state index is 0. The Morgan fingerprint density at radius 3 is 2.20 bits per heavy atom. The van der Waals surface area contributed by atoms with Gasteiger partial charge in [0, 0.05) is 11.6 Å². The monoisotopic (exact) mass is 296 g/mol. The van der Waals surface area contributed by atoms with Crippen molar-refractivity contribution in [1.82, 2.24) is 5.32 Å². The highest BCUT2D eigenvalue weighted by Gasteiger charge is 2.21. The van der Waals surface area contributed by atoms with E-state index >= 15 is 0 Å². The molecular weight excluding hydrogens is 272 g/mol. The van der Waals surface area contributed by atoms with Crippen LogP contribution in [0.2, 0.25) is 0 Å². The van der Waals surface area contributed by atoms with Gasteiger partial charge in [0.25, 0.3) is 0 Å². The third-order valence-corrected chi connectivity index (χ3v) is 3.73. The summed E-state index contributed by atoms with van der Waals surface area (Å²) in [5.41, 5.74) is 2.33. The lowest BCUT2D eigenvalue weighted by Crippen LogP contribution is -2.34. The summed E-state index contributed by atoms with van der Waals surface area (Å²) < 4.78 is 0. The first-order valence-corrected chi connectivity index (χ1v) is 7.09. The summed E-state index contributed by atoms with van der Waals surface area (Å²) in [6.07, 6.45) is 1.87. The summed E-state index contributed by atoms with van der Waals surface area (Å²) in [6, 6.07) is 8.19. The highest BCUT2D eigenvalue weighted by Crippen LogP contribution is 2.24. The largest absolute Gasteiger partial charge is 0.326 e. The number of benzene rings is 1. The fourth-order valence-corrected chi connectivity index (χ4v) is 2.38. The molecule has 1 saturated heterocycles. The molecule has 1 fully saturated rings. The predicted octanol–water partition coefficient (Wildman–Crippen LogP) is 3.34. The van der Waals surface area contributed by atoms with Crippen molar-refractivity contribution in [2.24, 2.45) is 5.92 Å². The van der Waals surface area contributed by atoms with Gasteiger partial charge in [-0.15, -0.1) is 12.4 Å². The van der Waals surface area contributed by atoms with E-state index in [1.807, 2.05) is 12.1 Å². The molecule has 0 radical (unpaired) electrons. The minimum atomic E-state index is 0. The van der Waals surface area contributed by atoms with Crippen molar-refractivity contribution in [3.05, 3.63) is 29.8 Å². The molecule has 0 saturated carbocycles. The lowest BCUT2D eigenvalue weighted by atomic mass is 9.87. The average molecular weight is 297 g/mol. The van der Waals surface area contributed by atoms with E-state index in [1.165, 1.54) is 5.56 Å². The molecule has 0 aliphatic carbocycles. The third-order valence-electron chi connectivity index (χ3n) is 3.73. The Morgan fingerprint density at radius 1 is 1.15 bits per heavy atom. The van der Waals surface area contributed by atoms with E-state index in [-0.39, 0.29) is 29.6 Å². The molecule has 0 unspecified atom stereocenters. The van der Waals surface area contributed by atoms with Crippen LogP contribution >= 0.6 is 12.4 Å². The number of hydrogen-bond donors (Lipinski definition) is 2. The second kappa shape index (κ2) is 7.09. The third kappa shape index (κ3) is 4.50. The number of rotatable bonds is 2. The van der Waals surface area contributed by atoms with E-state index in [1.54, 1.807) is 0 Å². The number of carbonyl (C=O) groups is 1. The first-order valence-electron chi connectivity index (χ1n) is 7.09. The fraction of sp³-hybridized carbons (Fsp3) is 0.562. The predicted molar refractivity (Wildman–Crippen MR) is 86.6 cm³/mol. The van der Waals surface area contributed by atoms with E-state index in [0.29, 0.717) is 0 Å². The Balaban J connectivity index is 0.00000200. The molecule has 0 spiro atoms. The number of piperidine rings is 1. The second-order valence-electron chi connectivity index (χ2n) is 6.34. The molecule has 1 amide bonds. The highest BCUT2D eigenvalue weighted by molar-refractivity contribution is 5.92. The summed E-state index contributed by atoms with van der Waals surface area (Å²) in [6.45, 7) is 8.46. The van der Waals surface area contributed by atoms with Crippen molar-refractivity contribution >= 4 is 24.0 Å². The molecule has 3 nitrogen and oxygen atoms in total. The van der Waals surface area contributed by atoms with Crippen molar-refractivity contribution in [2.45, 2.75) is 39.0 Å². The molecule has 1 aliphatic rings. The Labute approximate surface area is 127 Å². The maximum absolute atomic E-state index is 12.1. The number of nitrogens with one attached hydrogen (secondary N) is 2. The molecule has 0 aromatic heterocycles. The highest BCUT2D eigenvalue weighted by atomic mass is 35.5. The van der Waals surface area contributed by atoms with Gasteiger partial charge >= 0.3 is 0 Å². The number of anilines is 1. The van der Waals surface area contributed by atoms with E-state index in [9.17, 15) is 4.79 Å². The normalized spacial score (nSPS) is 16.4. The summed E-state index contributed by atoms with van der Waals surface area (Å²) in [5.74, 6) is 0.313. The molecular formula is C16H25ClN2O. The lowest BCUT2D eigenvalue weighted by molar-refractivity contribution is -0.120. The van der Waals surface area contributed by atoms with Gasteiger partial charge in [-0.05, 0) is 49.0 Å². The minimum Gasteiger partial charge on any atom is -0.326 e. The van der Waals surface area contributed by atoms with E-state index in [4.69, 9.17) is 0 Å². The Morgan fingerprint density at radius 2 is 1.70 bits per heavy atom. The van der Waals surface area contributed by atoms with Crippen LogP contribution in [0.4, 0.5) is 5.69 Å². The van der Waals surface area contributed by atoms with Gasteiger partial charge in [0.15, 0.2) is 0 Å². The van der Waals surface area contributed by atoms with Gasteiger partial charge in [0.2, 0.25) is 5.91 Å². The van der Waals surface area contributed by atoms with Crippen LogP contribution in [-0.4, -0.2) is 19.0 Å². The van der Waals surface area contributed by atoms with Crippen LogP contribution in [0.25, 0.3) is 0 Å². The summed E-state index contributed by atoms with van der Waals surface area (Å²) in [4.78, 5) is 12.1. The summed E-state index contributed by atoms with van der Waals surface area (Å²) in [7, 11) is 0. The van der Waals surface area contributed by atoms with Crippen molar-refractivity contribution in [1.29, 1.82) is 0 Å². The van der Waals surface area contributed by atoms with Gasteiger partial charge in [0.05, 0.1) is 0 Å². The molecule has 1 heterocycles. The van der Waals surface area contributed by atoms with E-state index < -0.39 is 0 Å². The molecule has 2 N–H and O–H groups in total. The lowest BCUT2D eigenvalue weighted by Gasteiger charge is -2.22. The van der Waals surface area contributed by atoms with Crippen molar-refractivity contribution in [3.63, 3.8) is 0 Å². The Hall–Kier alpha value is -1.06. The smallest absolute Gasteiger partial charge is 0.227 e. The number of hydrogen-bond acceptors (Lipinski definition) is 2. The quantitative estimate of drug-likeness (QED) is 0.879. The summed E-state index contributed by atoms with van der Waals surface area (Å²) >= 11 is 0. The van der Waals surface area contributed by atoms with Crippen LogP contribution in [0.1, 0.15) is 39.2 Å². The maximum Gasteiger partial charge on any atom is 0.227 e. The van der Waals surface area contributed by atoms with Gasteiger partial charge in [-0.3, -0.25) is 4.79 Å². The van der Waals surface area contributed by atoms with Crippen molar-refractivity contribution in [3.8, 4) is 0 Å². The average Bonchev–Trinajstić information content (AvgIpc) is 2.39. The van der Waals surface area contributed by atoms with E-state index in [0.717, 1.165) is 31.6 Å². The molecule has 4 heteroatoms. The molecule has 1 aliphatic heterocycles. The molecule has 1 aromatic carbocycles. The van der Waals surface area contributed by atoms with E-state index in [2.05, 4.69) is 43.5 Å². The number of amides is 1. The van der Waals surface area contributed by atoms with Crippen LogP contribution in [0.15, 0.2) is 24.3 Å².